The van der Waals surface area contributed by atoms with Gasteiger partial charge in [0.15, 0.2) is 5.82 Å². The first-order valence-corrected chi connectivity index (χ1v) is 9.99. The summed E-state index contributed by atoms with van der Waals surface area (Å²) < 4.78 is 7.67. The second kappa shape index (κ2) is 9.55. The molecule has 0 saturated carbocycles. The topological polar surface area (TPSA) is 72.2 Å². The number of hydrogen-bond acceptors (Lipinski definition) is 5. The van der Waals surface area contributed by atoms with Gasteiger partial charge in [-0.05, 0) is 31.9 Å². The summed E-state index contributed by atoms with van der Waals surface area (Å²) in [7, 11) is 1.69. The van der Waals surface area contributed by atoms with Gasteiger partial charge in [-0.1, -0.05) is 38.0 Å². The molecule has 0 bridgehead atoms. The van der Waals surface area contributed by atoms with Crippen LogP contribution in [0.25, 0.3) is 11.0 Å². The molecule has 0 aliphatic carbocycles. The van der Waals surface area contributed by atoms with E-state index in [2.05, 4.69) is 27.9 Å². The molecule has 6 nitrogen and oxygen atoms in total. The first-order valence-electron chi connectivity index (χ1n) is 9.99. The van der Waals surface area contributed by atoms with Crippen LogP contribution in [0.2, 0.25) is 0 Å². The van der Waals surface area contributed by atoms with Crippen molar-refractivity contribution < 1.29 is 9.84 Å². The zero-order chi connectivity index (χ0) is 19.9. The van der Waals surface area contributed by atoms with Gasteiger partial charge in [0.25, 0.3) is 0 Å². The molecule has 2 aromatic heterocycles. The number of nitrogens with one attached hydrogen (secondary N) is 1. The van der Waals surface area contributed by atoms with Gasteiger partial charge >= 0.3 is 0 Å². The molecule has 3 rings (SSSR count). The third kappa shape index (κ3) is 4.62. The van der Waals surface area contributed by atoms with Crippen LogP contribution in [-0.4, -0.2) is 39.4 Å². The van der Waals surface area contributed by atoms with Crippen LogP contribution < -0.4 is 10.1 Å². The Morgan fingerprint density at radius 1 is 1.18 bits per heavy atom. The van der Waals surface area contributed by atoms with Crippen molar-refractivity contribution in [2.24, 2.45) is 0 Å². The Morgan fingerprint density at radius 2 is 2.00 bits per heavy atom. The van der Waals surface area contributed by atoms with Gasteiger partial charge in [-0.25, -0.2) is 9.97 Å². The zero-order valence-electron chi connectivity index (χ0n) is 17.0. The van der Waals surface area contributed by atoms with Gasteiger partial charge in [-0.15, -0.1) is 0 Å². The Balaban J connectivity index is 1.97. The van der Waals surface area contributed by atoms with Crippen LogP contribution in [0.3, 0.4) is 0 Å². The molecule has 6 heteroatoms. The lowest BCUT2D eigenvalue weighted by Crippen LogP contribution is -2.22. The minimum absolute atomic E-state index is 0.164. The molecule has 2 heterocycles. The summed E-state index contributed by atoms with van der Waals surface area (Å²) in [4.78, 5) is 9.30. The molecule has 150 valence electrons. The highest BCUT2D eigenvalue weighted by molar-refractivity contribution is 5.86. The predicted molar refractivity (Wildman–Crippen MR) is 113 cm³/mol. The molecule has 0 unspecified atom stereocenters. The molecule has 0 saturated heterocycles. The fourth-order valence-electron chi connectivity index (χ4n) is 3.56. The van der Waals surface area contributed by atoms with E-state index >= 15 is 0 Å². The Kier molecular flexibility index (Phi) is 6.87. The lowest BCUT2D eigenvalue weighted by molar-refractivity contribution is 0.276. The fourth-order valence-corrected chi connectivity index (χ4v) is 3.56. The van der Waals surface area contributed by atoms with E-state index in [9.17, 15) is 5.11 Å². The molecule has 0 spiro atoms. The number of rotatable bonds is 10. The number of benzene rings is 1. The van der Waals surface area contributed by atoms with Crippen LogP contribution in [0.4, 0.5) is 5.82 Å². The summed E-state index contributed by atoms with van der Waals surface area (Å²) >= 11 is 0. The van der Waals surface area contributed by atoms with Crippen LogP contribution in [0.1, 0.15) is 44.0 Å². The minimum Gasteiger partial charge on any atom is -0.496 e. The van der Waals surface area contributed by atoms with E-state index in [1.165, 1.54) is 0 Å². The van der Waals surface area contributed by atoms with Gasteiger partial charge in [0, 0.05) is 24.4 Å². The first-order chi connectivity index (χ1) is 13.7. The molecule has 0 fully saturated rings. The number of aromatic nitrogens is 3. The van der Waals surface area contributed by atoms with E-state index in [-0.39, 0.29) is 12.6 Å². The number of methoxy groups -OCH3 is 1. The van der Waals surface area contributed by atoms with E-state index in [0.29, 0.717) is 13.0 Å². The highest BCUT2D eigenvalue weighted by atomic mass is 16.5. The van der Waals surface area contributed by atoms with Gasteiger partial charge in [0.1, 0.15) is 17.1 Å². The number of unbranched alkanes of at least 4 members (excludes halogenated alkanes) is 1. The zero-order valence-corrected chi connectivity index (χ0v) is 17.0. The Morgan fingerprint density at radius 3 is 2.75 bits per heavy atom. The Bertz CT molecular complexity index is 907. The van der Waals surface area contributed by atoms with Crippen molar-refractivity contribution in [1.29, 1.82) is 0 Å². The van der Waals surface area contributed by atoms with Crippen molar-refractivity contribution in [2.75, 3.05) is 19.0 Å². The molecule has 0 aliphatic rings. The standard InChI is InChI=1S/C22H30N4O2/c1-4-5-9-18(12-14-27)25-22-21-19(23-16(2)24-22)11-13-26(21)15-17-8-6-7-10-20(17)28-3/h6-8,10-11,13,18,27H,4-5,9,12,14-15H2,1-3H3,(H,23,24,25)/t18-/m0/s1. The Labute approximate surface area is 166 Å². The van der Waals surface area contributed by atoms with E-state index in [1.54, 1.807) is 7.11 Å². The van der Waals surface area contributed by atoms with E-state index in [0.717, 1.165) is 53.3 Å². The SMILES string of the molecule is CCCC[C@@H](CCO)Nc1nc(C)nc2ccn(Cc3ccccc3OC)c12. The number of aliphatic hydroxyl groups is 1. The second-order valence-corrected chi connectivity index (χ2v) is 7.10. The van der Waals surface area contributed by atoms with Crippen molar-refractivity contribution >= 4 is 16.9 Å². The van der Waals surface area contributed by atoms with Crippen molar-refractivity contribution in [1.82, 2.24) is 14.5 Å². The summed E-state index contributed by atoms with van der Waals surface area (Å²) in [6.07, 6.45) is 6.01. The number of hydrogen-bond donors (Lipinski definition) is 2. The van der Waals surface area contributed by atoms with Crippen molar-refractivity contribution in [3.8, 4) is 5.75 Å². The summed E-state index contributed by atoms with van der Waals surface area (Å²) in [6, 6.07) is 10.3. The average Bonchev–Trinajstić information content (AvgIpc) is 3.09. The molecule has 1 atom stereocenters. The molecule has 0 aliphatic heterocycles. The van der Waals surface area contributed by atoms with E-state index in [1.807, 2.05) is 37.4 Å². The minimum atomic E-state index is 0.164. The fraction of sp³-hybridized carbons (Fsp3) is 0.455. The number of anilines is 1. The van der Waals surface area contributed by atoms with Gasteiger partial charge < -0.3 is 19.7 Å². The van der Waals surface area contributed by atoms with Crippen molar-refractivity contribution in [3.05, 3.63) is 47.9 Å². The van der Waals surface area contributed by atoms with E-state index in [4.69, 9.17) is 9.72 Å². The van der Waals surface area contributed by atoms with Crippen molar-refractivity contribution in [3.63, 3.8) is 0 Å². The van der Waals surface area contributed by atoms with Crippen LogP contribution in [-0.2, 0) is 6.54 Å². The molecule has 28 heavy (non-hydrogen) atoms. The number of aryl methyl sites for hydroxylation is 1. The van der Waals surface area contributed by atoms with Gasteiger partial charge in [0.05, 0.1) is 19.2 Å². The largest absolute Gasteiger partial charge is 0.496 e. The monoisotopic (exact) mass is 382 g/mol. The maximum Gasteiger partial charge on any atom is 0.154 e. The third-order valence-corrected chi connectivity index (χ3v) is 4.98. The van der Waals surface area contributed by atoms with Gasteiger partial charge in [-0.2, -0.15) is 0 Å². The average molecular weight is 383 g/mol. The lowest BCUT2D eigenvalue weighted by atomic mass is 10.1. The summed E-state index contributed by atoms with van der Waals surface area (Å²) in [6.45, 7) is 4.93. The second-order valence-electron chi connectivity index (χ2n) is 7.10. The summed E-state index contributed by atoms with van der Waals surface area (Å²) in [5.41, 5.74) is 3.01. The molecule has 2 N–H and O–H groups in total. The molecule has 0 radical (unpaired) electrons. The smallest absolute Gasteiger partial charge is 0.154 e. The van der Waals surface area contributed by atoms with Crippen LogP contribution in [0.5, 0.6) is 5.75 Å². The third-order valence-electron chi connectivity index (χ3n) is 4.98. The number of fused-ring (bicyclic) bond motifs is 1. The van der Waals surface area contributed by atoms with Crippen LogP contribution >= 0.6 is 0 Å². The normalized spacial score (nSPS) is 12.3. The molecular formula is C22H30N4O2. The highest BCUT2D eigenvalue weighted by Crippen LogP contribution is 2.26. The lowest BCUT2D eigenvalue weighted by Gasteiger charge is -2.20. The highest BCUT2D eigenvalue weighted by Gasteiger charge is 2.16. The predicted octanol–water partition coefficient (Wildman–Crippen LogP) is 4.15. The molecule has 1 aromatic carbocycles. The summed E-state index contributed by atoms with van der Waals surface area (Å²) in [5, 5.41) is 13.0. The quantitative estimate of drug-likeness (QED) is 0.551. The maximum atomic E-state index is 9.46. The van der Waals surface area contributed by atoms with Crippen LogP contribution in [0, 0.1) is 6.92 Å². The Hall–Kier alpha value is -2.60. The van der Waals surface area contributed by atoms with Crippen molar-refractivity contribution in [2.45, 2.75) is 52.1 Å². The van der Waals surface area contributed by atoms with Crippen LogP contribution in [0.15, 0.2) is 36.5 Å². The molecular weight excluding hydrogens is 352 g/mol. The number of ether oxygens (including phenoxy) is 1. The molecule has 0 amide bonds. The summed E-state index contributed by atoms with van der Waals surface area (Å²) in [5.74, 6) is 2.44. The number of nitrogens with zero attached hydrogens (tertiary/aromatic N) is 3. The molecule has 3 aromatic rings. The number of aliphatic hydroxyl groups excluding tert-OH is 1. The van der Waals surface area contributed by atoms with Gasteiger partial charge in [0.2, 0.25) is 0 Å². The first kappa shape index (κ1) is 20.1. The number of para-hydroxylation sites is 1. The van der Waals surface area contributed by atoms with Gasteiger partial charge in [-0.3, -0.25) is 0 Å². The maximum absolute atomic E-state index is 9.46. The van der Waals surface area contributed by atoms with E-state index < -0.39 is 0 Å².